The maximum absolute atomic E-state index is 12.1. The molecule has 2 atom stereocenters. The van der Waals surface area contributed by atoms with Gasteiger partial charge < -0.3 is 15.4 Å². The smallest absolute Gasteiger partial charge is 0.410 e. The molecule has 0 bridgehead atoms. The zero-order valence-electron chi connectivity index (χ0n) is 13.3. The van der Waals surface area contributed by atoms with Crippen molar-refractivity contribution in [3.63, 3.8) is 0 Å². The summed E-state index contributed by atoms with van der Waals surface area (Å²) in [5.41, 5.74) is 5.91. The average molecular weight is 270 g/mol. The molecule has 1 aliphatic rings. The first-order chi connectivity index (χ1) is 8.46. The third-order valence-electron chi connectivity index (χ3n) is 3.12. The predicted molar refractivity (Wildman–Crippen MR) is 78.0 cm³/mol. The molecule has 0 saturated carbocycles. The number of piperidine rings is 1. The Morgan fingerprint density at radius 3 is 2.26 bits per heavy atom. The van der Waals surface area contributed by atoms with Crippen LogP contribution in [-0.4, -0.2) is 35.7 Å². The summed E-state index contributed by atoms with van der Waals surface area (Å²) < 4.78 is 5.44. The molecule has 0 aromatic heterocycles. The first kappa shape index (κ1) is 16.3. The van der Waals surface area contributed by atoms with E-state index in [1.807, 2.05) is 20.8 Å². The summed E-state index contributed by atoms with van der Waals surface area (Å²) in [6, 6.07) is 0.0635. The van der Waals surface area contributed by atoms with Crippen molar-refractivity contribution in [2.24, 2.45) is 17.1 Å². The van der Waals surface area contributed by atoms with Gasteiger partial charge in [0.1, 0.15) is 5.60 Å². The third-order valence-corrected chi connectivity index (χ3v) is 3.12. The van der Waals surface area contributed by atoms with Gasteiger partial charge in [-0.1, -0.05) is 20.8 Å². The minimum Gasteiger partial charge on any atom is -0.444 e. The van der Waals surface area contributed by atoms with E-state index in [0.717, 1.165) is 19.4 Å². The van der Waals surface area contributed by atoms with Crippen molar-refractivity contribution >= 4 is 6.09 Å². The van der Waals surface area contributed by atoms with Crippen molar-refractivity contribution in [3.8, 4) is 0 Å². The van der Waals surface area contributed by atoms with Gasteiger partial charge in [-0.05, 0) is 44.9 Å². The lowest BCUT2D eigenvalue weighted by molar-refractivity contribution is 0.0119. The van der Waals surface area contributed by atoms with Gasteiger partial charge in [0.2, 0.25) is 0 Å². The predicted octanol–water partition coefficient (Wildman–Crippen LogP) is 3.01. The third kappa shape index (κ3) is 6.28. The van der Waals surface area contributed by atoms with Gasteiger partial charge in [-0.25, -0.2) is 4.79 Å². The molecule has 0 radical (unpaired) electrons. The zero-order valence-corrected chi connectivity index (χ0v) is 13.3. The molecule has 1 rings (SSSR count). The molecular formula is C15H30N2O2. The van der Waals surface area contributed by atoms with Crippen molar-refractivity contribution < 1.29 is 9.53 Å². The maximum atomic E-state index is 12.1. The molecule has 1 saturated heterocycles. The van der Waals surface area contributed by atoms with E-state index in [1.165, 1.54) is 0 Å². The Balaban J connectivity index is 2.62. The highest BCUT2D eigenvalue weighted by atomic mass is 16.6. The summed E-state index contributed by atoms with van der Waals surface area (Å²) in [6.45, 7) is 13.7. The number of rotatable bonds is 1. The van der Waals surface area contributed by atoms with Gasteiger partial charge in [-0.2, -0.15) is 0 Å². The van der Waals surface area contributed by atoms with Crippen LogP contribution in [0.5, 0.6) is 0 Å². The van der Waals surface area contributed by atoms with Gasteiger partial charge in [0.25, 0.3) is 0 Å². The lowest BCUT2D eigenvalue weighted by Crippen LogP contribution is -2.51. The fourth-order valence-electron chi connectivity index (χ4n) is 2.74. The first-order valence-corrected chi connectivity index (χ1v) is 7.20. The highest BCUT2D eigenvalue weighted by Gasteiger charge is 2.32. The van der Waals surface area contributed by atoms with Crippen LogP contribution in [0.15, 0.2) is 0 Å². The normalized spacial score (nSPS) is 25.3. The SMILES string of the molecule is CC(C)(C)CC1CC(N)CN(C(=O)OC(C)(C)C)C1. The minimum absolute atomic E-state index is 0.0635. The number of hydrogen-bond donors (Lipinski definition) is 1. The molecule has 1 fully saturated rings. The second-order valence-corrected chi connectivity index (χ2v) is 8.01. The molecule has 112 valence electrons. The largest absolute Gasteiger partial charge is 0.444 e. The molecule has 4 heteroatoms. The molecule has 2 N–H and O–H groups in total. The number of amides is 1. The molecule has 1 heterocycles. The minimum atomic E-state index is -0.446. The second-order valence-electron chi connectivity index (χ2n) is 8.01. The second kappa shape index (κ2) is 5.70. The molecule has 0 aliphatic carbocycles. The first-order valence-electron chi connectivity index (χ1n) is 7.20. The standard InChI is InChI=1S/C15H30N2O2/c1-14(2,3)8-11-7-12(16)10-17(9-11)13(18)19-15(4,5)6/h11-12H,7-10,16H2,1-6H3. The van der Waals surface area contributed by atoms with Crippen molar-refractivity contribution in [3.05, 3.63) is 0 Å². The van der Waals surface area contributed by atoms with E-state index in [4.69, 9.17) is 10.5 Å². The fourth-order valence-corrected chi connectivity index (χ4v) is 2.74. The highest BCUT2D eigenvalue weighted by molar-refractivity contribution is 5.68. The van der Waals surface area contributed by atoms with Crippen LogP contribution in [0.1, 0.15) is 54.4 Å². The average Bonchev–Trinajstić information content (AvgIpc) is 2.10. The summed E-state index contributed by atoms with van der Waals surface area (Å²) >= 11 is 0. The number of ether oxygens (including phenoxy) is 1. The van der Waals surface area contributed by atoms with Crippen LogP contribution in [0, 0.1) is 11.3 Å². The number of nitrogens with zero attached hydrogens (tertiary/aromatic N) is 1. The van der Waals surface area contributed by atoms with Gasteiger partial charge in [-0.15, -0.1) is 0 Å². The Labute approximate surface area is 117 Å². The lowest BCUT2D eigenvalue weighted by Gasteiger charge is -2.39. The molecule has 0 aromatic rings. The van der Waals surface area contributed by atoms with E-state index in [-0.39, 0.29) is 17.6 Å². The Morgan fingerprint density at radius 1 is 1.21 bits per heavy atom. The summed E-state index contributed by atoms with van der Waals surface area (Å²) in [4.78, 5) is 13.9. The van der Waals surface area contributed by atoms with Gasteiger partial charge in [0.05, 0.1) is 0 Å². The highest BCUT2D eigenvalue weighted by Crippen LogP contribution is 2.30. The lowest BCUT2D eigenvalue weighted by atomic mass is 9.80. The number of carbonyl (C=O) groups excluding carboxylic acids is 1. The Morgan fingerprint density at radius 2 is 1.79 bits per heavy atom. The van der Waals surface area contributed by atoms with Gasteiger partial charge in [0.15, 0.2) is 0 Å². The number of hydrogen-bond acceptors (Lipinski definition) is 3. The molecule has 2 unspecified atom stereocenters. The number of likely N-dealkylation sites (tertiary alicyclic amines) is 1. The van der Waals surface area contributed by atoms with Crippen LogP contribution in [0.3, 0.4) is 0 Å². The Bertz CT molecular complexity index is 315. The van der Waals surface area contributed by atoms with Crippen LogP contribution in [0.2, 0.25) is 0 Å². The molecular weight excluding hydrogens is 240 g/mol. The van der Waals surface area contributed by atoms with E-state index in [1.54, 1.807) is 4.90 Å². The van der Waals surface area contributed by atoms with E-state index >= 15 is 0 Å². The monoisotopic (exact) mass is 270 g/mol. The number of nitrogens with two attached hydrogens (primary N) is 1. The molecule has 1 amide bonds. The van der Waals surface area contributed by atoms with Crippen molar-refractivity contribution in [2.45, 2.75) is 66.0 Å². The molecule has 19 heavy (non-hydrogen) atoms. The van der Waals surface area contributed by atoms with Crippen molar-refractivity contribution in [2.75, 3.05) is 13.1 Å². The van der Waals surface area contributed by atoms with Crippen LogP contribution in [0.25, 0.3) is 0 Å². The fraction of sp³-hybridized carbons (Fsp3) is 0.933. The summed E-state index contributed by atoms with van der Waals surface area (Å²) in [7, 11) is 0. The summed E-state index contributed by atoms with van der Waals surface area (Å²) in [5.74, 6) is 0.469. The van der Waals surface area contributed by atoms with Crippen molar-refractivity contribution in [1.82, 2.24) is 4.90 Å². The van der Waals surface area contributed by atoms with Gasteiger partial charge >= 0.3 is 6.09 Å². The van der Waals surface area contributed by atoms with Crippen LogP contribution >= 0.6 is 0 Å². The van der Waals surface area contributed by atoms with Crippen LogP contribution in [0.4, 0.5) is 4.79 Å². The summed E-state index contributed by atoms with van der Waals surface area (Å²) in [5, 5.41) is 0. The van der Waals surface area contributed by atoms with E-state index < -0.39 is 5.60 Å². The topological polar surface area (TPSA) is 55.6 Å². The van der Waals surface area contributed by atoms with Crippen LogP contribution < -0.4 is 5.73 Å². The molecule has 1 aliphatic heterocycles. The molecule has 0 spiro atoms. The maximum Gasteiger partial charge on any atom is 0.410 e. The Kier molecular flexibility index (Phi) is 4.88. The zero-order chi connectivity index (χ0) is 14.8. The van der Waals surface area contributed by atoms with E-state index in [9.17, 15) is 4.79 Å². The Hall–Kier alpha value is -0.770. The summed E-state index contributed by atoms with van der Waals surface area (Å²) in [6.07, 6.45) is 1.85. The quantitative estimate of drug-likeness (QED) is 0.797. The van der Waals surface area contributed by atoms with Gasteiger partial charge in [-0.3, -0.25) is 0 Å². The molecule has 4 nitrogen and oxygen atoms in total. The molecule has 0 aromatic carbocycles. The van der Waals surface area contributed by atoms with E-state index in [2.05, 4.69) is 20.8 Å². The number of carbonyl (C=O) groups is 1. The van der Waals surface area contributed by atoms with Gasteiger partial charge in [0, 0.05) is 19.1 Å². The van der Waals surface area contributed by atoms with Crippen LogP contribution in [-0.2, 0) is 4.74 Å². The van der Waals surface area contributed by atoms with Crippen molar-refractivity contribution in [1.29, 1.82) is 0 Å². The van der Waals surface area contributed by atoms with E-state index in [0.29, 0.717) is 12.5 Å².